The van der Waals surface area contributed by atoms with Gasteiger partial charge in [-0.1, -0.05) is 30.4 Å². The lowest BCUT2D eigenvalue weighted by atomic mass is 9.63. The van der Waals surface area contributed by atoms with Gasteiger partial charge in [0.15, 0.2) is 0 Å². The molecule has 6 atom stereocenters. The monoisotopic (exact) mass is 423 g/mol. The quantitative estimate of drug-likeness (QED) is 0.419. The summed E-state index contributed by atoms with van der Waals surface area (Å²) in [6.45, 7) is 0.301. The van der Waals surface area contributed by atoms with Gasteiger partial charge < -0.3 is 4.74 Å². The van der Waals surface area contributed by atoms with Crippen molar-refractivity contribution in [2.24, 2.45) is 40.6 Å². The Balaban J connectivity index is 1.13. The summed E-state index contributed by atoms with van der Waals surface area (Å²) in [7, 11) is 0. The summed E-state index contributed by atoms with van der Waals surface area (Å²) in [4.78, 5) is 25.9. The van der Waals surface area contributed by atoms with E-state index in [0.717, 1.165) is 22.6 Å². The van der Waals surface area contributed by atoms with Gasteiger partial charge in [-0.05, 0) is 66.0 Å². The Kier molecular flexibility index (Phi) is 4.25. The predicted molar refractivity (Wildman–Crippen MR) is 116 cm³/mol. The van der Waals surface area contributed by atoms with Crippen molar-refractivity contribution in [3.8, 4) is 11.8 Å². The maximum atomic E-state index is 13.0. The van der Waals surface area contributed by atoms with Crippen LogP contribution in [0.2, 0.25) is 0 Å². The minimum Gasteiger partial charge on any atom is -0.489 e. The molecule has 0 spiro atoms. The van der Waals surface area contributed by atoms with Gasteiger partial charge in [-0.2, -0.15) is 15.4 Å². The summed E-state index contributed by atoms with van der Waals surface area (Å²) >= 11 is 0. The molecule has 2 bridgehead atoms. The number of rotatable bonds is 5. The van der Waals surface area contributed by atoms with Crippen LogP contribution in [0.1, 0.15) is 23.1 Å². The first-order chi connectivity index (χ1) is 15.7. The van der Waals surface area contributed by atoms with Crippen molar-refractivity contribution in [2.45, 2.75) is 13.0 Å². The van der Waals surface area contributed by atoms with Crippen molar-refractivity contribution in [3.63, 3.8) is 0 Å². The first kappa shape index (κ1) is 19.0. The molecule has 1 heterocycles. The van der Waals surface area contributed by atoms with Crippen molar-refractivity contribution >= 4 is 18.0 Å². The minimum absolute atomic E-state index is 0.155. The molecule has 0 radical (unpaired) electrons. The second-order valence-electron chi connectivity index (χ2n) is 9.01. The van der Waals surface area contributed by atoms with Crippen LogP contribution < -0.4 is 4.74 Å². The Morgan fingerprint density at radius 3 is 2.31 bits per heavy atom. The summed E-state index contributed by atoms with van der Waals surface area (Å²) in [5.74, 6) is 1.46. The highest BCUT2D eigenvalue weighted by molar-refractivity contribution is 6.06. The van der Waals surface area contributed by atoms with Gasteiger partial charge in [-0.25, -0.2) is 0 Å². The van der Waals surface area contributed by atoms with Crippen LogP contribution in [0.25, 0.3) is 0 Å². The van der Waals surface area contributed by atoms with Crippen LogP contribution in [-0.2, 0) is 16.2 Å². The summed E-state index contributed by atoms with van der Waals surface area (Å²) in [6.07, 6.45) is 7.02. The fraction of sp³-hybridized carbons (Fsp3) is 0.308. The van der Waals surface area contributed by atoms with Crippen LogP contribution in [0, 0.1) is 46.8 Å². The second-order valence-corrected chi connectivity index (χ2v) is 9.01. The van der Waals surface area contributed by atoms with Crippen molar-refractivity contribution in [2.75, 3.05) is 0 Å². The number of hydrazone groups is 1. The normalized spacial score (nSPS) is 31.5. The van der Waals surface area contributed by atoms with Gasteiger partial charge in [0.05, 0.1) is 29.7 Å². The largest absolute Gasteiger partial charge is 0.489 e. The Bertz CT molecular complexity index is 1170. The molecule has 2 aromatic carbocycles. The van der Waals surface area contributed by atoms with Crippen LogP contribution in [0.3, 0.4) is 0 Å². The van der Waals surface area contributed by atoms with Crippen LogP contribution in [0.5, 0.6) is 5.75 Å². The van der Waals surface area contributed by atoms with Crippen molar-refractivity contribution in [1.29, 1.82) is 5.26 Å². The number of amides is 2. The molecule has 0 N–H and O–H groups in total. The highest BCUT2D eigenvalue weighted by Gasteiger charge is 2.67. The molecule has 6 heteroatoms. The van der Waals surface area contributed by atoms with Crippen LogP contribution in [0.15, 0.2) is 65.8 Å². The Labute approximate surface area is 185 Å². The van der Waals surface area contributed by atoms with E-state index < -0.39 is 0 Å². The average Bonchev–Trinajstić information content (AvgIpc) is 3.61. The number of nitriles is 1. The Morgan fingerprint density at radius 1 is 1.00 bits per heavy atom. The van der Waals surface area contributed by atoms with E-state index in [-0.39, 0.29) is 35.5 Å². The predicted octanol–water partition coefficient (Wildman–Crippen LogP) is 3.52. The summed E-state index contributed by atoms with van der Waals surface area (Å²) in [5, 5.41) is 14.5. The number of benzene rings is 2. The van der Waals surface area contributed by atoms with Crippen LogP contribution in [-0.4, -0.2) is 23.0 Å². The molecule has 1 saturated heterocycles. The highest BCUT2D eigenvalue weighted by Crippen LogP contribution is 2.65. The molecule has 32 heavy (non-hydrogen) atoms. The number of allylic oxidation sites excluding steroid dienone is 2. The van der Waals surface area contributed by atoms with E-state index >= 15 is 0 Å². The fourth-order valence-electron chi connectivity index (χ4n) is 5.75. The molecule has 2 aromatic rings. The molecular weight excluding hydrogens is 402 g/mol. The van der Waals surface area contributed by atoms with E-state index in [1.54, 1.807) is 24.4 Å². The zero-order valence-electron chi connectivity index (χ0n) is 17.3. The average molecular weight is 423 g/mol. The topological polar surface area (TPSA) is 82.8 Å². The van der Waals surface area contributed by atoms with Gasteiger partial charge in [0.2, 0.25) is 0 Å². The molecular formula is C26H21N3O3. The summed E-state index contributed by atoms with van der Waals surface area (Å²) < 4.78 is 5.79. The zero-order chi connectivity index (χ0) is 21.8. The molecule has 1 aliphatic heterocycles. The maximum absolute atomic E-state index is 13.0. The molecule has 2 amide bonds. The fourth-order valence-corrected chi connectivity index (χ4v) is 5.75. The lowest BCUT2D eigenvalue weighted by molar-refractivity contribution is -0.140. The number of ether oxygens (including phenoxy) is 1. The molecule has 7 rings (SSSR count). The van der Waals surface area contributed by atoms with E-state index in [1.807, 2.05) is 30.3 Å². The second kappa shape index (κ2) is 7.16. The van der Waals surface area contributed by atoms with Gasteiger partial charge >= 0.3 is 0 Å². The van der Waals surface area contributed by atoms with E-state index in [9.17, 15) is 14.9 Å². The van der Waals surface area contributed by atoms with Crippen molar-refractivity contribution < 1.29 is 14.3 Å². The summed E-state index contributed by atoms with van der Waals surface area (Å²) in [5.41, 5.74) is 2.20. The van der Waals surface area contributed by atoms with Crippen LogP contribution in [0.4, 0.5) is 0 Å². The third-order valence-electron chi connectivity index (χ3n) is 7.37. The number of imide groups is 1. The smallest absolute Gasteiger partial charge is 0.254 e. The first-order valence-corrected chi connectivity index (χ1v) is 11.0. The lowest BCUT2D eigenvalue weighted by Crippen LogP contribution is -2.40. The number of carbonyl (C=O) groups is 2. The molecule has 0 aromatic heterocycles. The zero-order valence-corrected chi connectivity index (χ0v) is 17.3. The molecule has 5 aliphatic rings. The molecule has 4 aliphatic carbocycles. The van der Waals surface area contributed by atoms with Gasteiger partial charge in [-0.3, -0.25) is 9.59 Å². The summed E-state index contributed by atoms with van der Waals surface area (Å²) in [6, 6.07) is 16.8. The van der Waals surface area contributed by atoms with Gasteiger partial charge in [0, 0.05) is 5.56 Å². The third-order valence-corrected chi connectivity index (χ3v) is 7.37. The lowest BCUT2D eigenvalue weighted by Gasteiger charge is -2.37. The number of nitrogens with zero attached hydrogens (tertiary/aromatic N) is 3. The standard InChI is InChI=1S/C26H21N3O3/c27-12-16-3-1-2-4-17(16)14-32-18-7-5-15(6-8-18)13-28-29-25(30)23-19-9-10-20(22-11-21(19)22)24(23)26(29)31/h1-10,13,19-24H,11,14H2/t19-,20-,21-,22+,23+,24+/m0/s1. The van der Waals surface area contributed by atoms with E-state index in [0.29, 0.717) is 29.8 Å². The molecule has 3 fully saturated rings. The molecule has 2 saturated carbocycles. The third kappa shape index (κ3) is 2.89. The number of hydrogen-bond acceptors (Lipinski definition) is 5. The maximum Gasteiger partial charge on any atom is 0.254 e. The van der Waals surface area contributed by atoms with Gasteiger partial charge in [0.25, 0.3) is 11.8 Å². The molecule has 6 nitrogen and oxygen atoms in total. The first-order valence-electron chi connectivity index (χ1n) is 11.0. The van der Waals surface area contributed by atoms with Gasteiger partial charge in [-0.15, -0.1) is 0 Å². The number of hydrogen-bond donors (Lipinski definition) is 0. The molecule has 0 unspecified atom stereocenters. The Hall–Kier alpha value is -3.72. The van der Waals surface area contributed by atoms with Crippen LogP contribution >= 0.6 is 0 Å². The van der Waals surface area contributed by atoms with Crippen molar-refractivity contribution in [3.05, 3.63) is 77.4 Å². The van der Waals surface area contributed by atoms with E-state index in [1.165, 1.54) is 0 Å². The van der Waals surface area contributed by atoms with E-state index in [2.05, 4.69) is 23.3 Å². The Morgan fingerprint density at radius 2 is 1.66 bits per heavy atom. The number of carbonyl (C=O) groups excluding carboxylic acids is 2. The molecule has 158 valence electrons. The van der Waals surface area contributed by atoms with Crippen molar-refractivity contribution in [1.82, 2.24) is 5.01 Å². The minimum atomic E-state index is -0.231. The van der Waals surface area contributed by atoms with Gasteiger partial charge in [0.1, 0.15) is 12.4 Å². The van der Waals surface area contributed by atoms with E-state index in [4.69, 9.17) is 4.74 Å². The highest BCUT2D eigenvalue weighted by atomic mass is 16.5. The SMILES string of the molecule is N#Cc1ccccc1COc1ccc(C=NN2C(=O)[C@@H]3[C@H]4C=C[C@@H]([C@@H]5C[C@H]45)[C@H]3C2=O)cc1.